The van der Waals surface area contributed by atoms with Gasteiger partial charge in [-0.2, -0.15) is 0 Å². The number of piperidine rings is 1. The molecule has 2 heterocycles. The zero-order chi connectivity index (χ0) is 20.4. The summed E-state index contributed by atoms with van der Waals surface area (Å²) in [4.78, 5) is 14.0. The minimum Gasteiger partial charge on any atom is -0.461 e. The van der Waals surface area contributed by atoms with Crippen molar-refractivity contribution in [3.05, 3.63) is 47.5 Å². The van der Waals surface area contributed by atoms with Gasteiger partial charge in [-0.3, -0.25) is 0 Å². The van der Waals surface area contributed by atoms with E-state index in [-0.39, 0.29) is 17.5 Å². The highest BCUT2D eigenvalue weighted by Gasteiger charge is 2.54. The molecular formula is C25H36NO3+. The highest BCUT2D eigenvalue weighted by Crippen LogP contribution is 2.56. The van der Waals surface area contributed by atoms with Gasteiger partial charge in [-0.25, -0.2) is 4.79 Å². The fourth-order valence-electron chi connectivity index (χ4n) is 5.90. The van der Waals surface area contributed by atoms with E-state index in [4.69, 9.17) is 9.47 Å². The summed E-state index contributed by atoms with van der Waals surface area (Å²) in [5.41, 5.74) is 2.51. The molecule has 0 amide bonds. The zero-order valence-electron chi connectivity index (χ0n) is 18.2. The summed E-state index contributed by atoms with van der Waals surface area (Å²) in [5.74, 6) is 1.01. The minimum absolute atomic E-state index is 0.0521. The maximum atomic E-state index is 12.6. The van der Waals surface area contributed by atoms with Gasteiger partial charge in [0.05, 0.1) is 25.8 Å². The molecule has 2 aliphatic heterocycles. The number of hydrogen-bond acceptors (Lipinski definition) is 3. The number of esters is 1. The Morgan fingerprint density at radius 3 is 2.62 bits per heavy atom. The van der Waals surface area contributed by atoms with E-state index in [1.807, 2.05) is 0 Å². The van der Waals surface area contributed by atoms with E-state index >= 15 is 0 Å². The molecular weight excluding hydrogens is 362 g/mol. The molecule has 2 saturated heterocycles. The number of nitrogens with one attached hydrogen (secondary N) is 1. The molecule has 3 aliphatic rings. The molecule has 1 aromatic carbocycles. The number of likely N-dealkylation sites (tertiary alicyclic amines) is 1. The van der Waals surface area contributed by atoms with Gasteiger partial charge < -0.3 is 14.4 Å². The second kappa shape index (κ2) is 8.61. The molecule has 1 N–H and O–H groups in total. The number of hydrogen-bond donors (Lipinski definition) is 1. The molecule has 4 nitrogen and oxygen atoms in total. The van der Waals surface area contributed by atoms with Crippen LogP contribution in [0.3, 0.4) is 0 Å². The lowest BCUT2D eigenvalue weighted by Gasteiger charge is -2.55. The van der Waals surface area contributed by atoms with Crippen LogP contribution in [0.2, 0.25) is 0 Å². The number of quaternary nitrogens is 1. The quantitative estimate of drug-likeness (QED) is 0.612. The molecule has 1 aromatic rings. The van der Waals surface area contributed by atoms with Gasteiger partial charge in [0.15, 0.2) is 6.54 Å². The van der Waals surface area contributed by atoms with Crippen LogP contribution in [-0.2, 0) is 14.3 Å². The molecule has 0 unspecified atom stereocenters. The van der Waals surface area contributed by atoms with Crippen LogP contribution in [0.4, 0.5) is 0 Å². The normalized spacial score (nSPS) is 35.1. The van der Waals surface area contributed by atoms with E-state index in [9.17, 15) is 4.79 Å². The first-order valence-corrected chi connectivity index (χ1v) is 11.4. The average molecular weight is 399 g/mol. The first-order valence-electron chi connectivity index (χ1n) is 11.4. The van der Waals surface area contributed by atoms with Crippen molar-refractivity contribution in [1.82, 2.24) is 0 Å². The Morgan fingerprint density at radius 2 is 1.90 bits per heavy atom. The van der Waals surface area contributed by atoms with Crippen molar-refractivity contribution in [2.75, 3.05) is 32.8 Å². The molecule has 4 rings (SSSR count). The fourth-order valence-corrected chi connectivity index (χ4v) is 5.90. The maximum Gasteiger partial charge on any atom is 0.361 e. The minimum atomic E-state index is -0.137. The topological polar surface area (TPSA) is 40.0 Å². The van der Waals surface area contributed by atoms with E-state index in [0.717, 1.165) is 13.1 Å². The first-order chi connectivity index (χ1) is 14.0. The van der Waals surface area contributed by atoms with Crippen molar-refractivity contribution in [2.24, 2.45) is 23.2 Å². The second-order valence-corrected chi connectivity index (χ2v) is 9.54. The van der Waals surface area contributed by atoms with Gasteiger partial charge in [0.1, 0.15) is 6.61 Å². The van der Waals surface area contributed by atoms with Crippen molar-refractivity contribution in [3.63, 3.8) is 0 Å². The molecule has 0 spiro atoms. The van der Waals surface area contributed by atoms with E-state index in [2.05, 4.69) is 57.2 Å². The van der Waals surface area contributed by atoms with Gasteiger partial charge in [0.2, 0.25) is 0 Å². The third-order valence-corrected chi connectivity index (χ3v) is 7.83. The van der Waals surface area contributed by atoms with Crippen molar-refractivity contribution in [1.29, 1.82) is 0 Å². The van der Waals surface area contributed by atoms with E-state index in [1.165, 1.54) is 35.3 Å². The average Bonchev–Trinajstić information content (AvgIpc) is 2.73. The molecule has 1 aliphatic carbocycles. The van der Waals surface area contributed by atoms with Gasteiger partial charge in [-0.15, -0.1) is 0 Å². The number of benzene rings is 1. The van der Waals surface area contributed by atoms with E-state index in [1.54, 1.807) is 0 Å². The lowest BCUT2D eigenvalue weighted by molar-refractivity contribution is -0.897. The third kappa shape index (κ3) is 4.02. The molecule has 29 heavy (non-hydrogen) atoms. The molecule has 5 atom stereocenters. The summed E-state index contributed by atoms with van der Waals surface area (Å²) >= 11 is 0. The summed E-state index contributed by atoms with van der Waals surface area (Å²) in [6, 6.07) is 10.5. The number of fused-ring (bicyclic) bond motifs is 2. The van der Waals surface area contributed by atoms with E-state index in [0.29, 0.717) is 37.5 Å². The fraction of sp³-hybridized carbons (Fsp3) is 0.640. The summed E-state index contributed by atoms with van der Waals surface area (Å²) in [5, 5.41) is 0. The van der Waals surface area contributed by atoms with Crippen LogP contribution in [-0.4, -0.2) is 38.8 Å². The van der Waals surface area contributed by atoms with Crippen LogP contribution in [0.5, 0.6) is 0 Å². The number of allylic oxidation sites excluding steroid dienone is 1. The Balaban J connectivity index is 1.47. The lowest BCUT2D eigenvalue weighted by atomic mass is 9.56. The van der Waals surface area contributed by atoms with Crippen molar-refractivity contribution < 1.29 is 19.2 Å². The van der Waals surface area contributed by atoms with Gasteiger partial charge >= 0.3 is 5.97 Å². The van der Waals surface area contributed by atoms with Crippen LogP contribution < -0.4 is 4.90 Å². The Morgan fingerprint density at radius 1 is 1.17 bits per heavy atom. The van der Waals surface area contributed by atoms with E-state index < -0.39 is 0 Å². The Hall–Kier alpha value is -1.65. The Bertz CT molecular complexity index is 740. The van der Waals surface area contributed by atoms with Gasteiger partial charge in [-0.1, -0.05) is 55.8 Å². The van der Waals surface area contributed by atoms with Gasteiger partial charge in [0.25, 0.3) is 0 Å². The summed E-state index contributed by atoms with van der Waals surface area (Å²) in [6.07, 6.45) is 6.22. The molecule has 158 valence electrons. The van der Waals surface area contributed by atoms with Crippen molar-refractivity contribution in [3.8, 4) is 0 Å². The summed E-state index contributed by atoms with van der Waals surface area (Å²) in [6.45, 7) is 10.6. The van der Waals surface area contributed by atoms with Crippen LogP contribution in [0.1, 0.15) is 51.7 Å². The molecule has 4 heteroatoms. The molecule has 2 fully saturated rings. The lowest BCUT2D eigenvalue weighted by Crippen LogP contribution is -3.13. The standard InChI is InChI=1S/C25H35NO3/c1-18-14-19(2)25(16-28-22(27)15-26-12-8-5-9-13-26)17-29-24(23(18)20(25)3)21-10-6-4-7-11-21/h4,6-7,10-11,14,19-20,23-24H,5,8-9,12-13,15-17H2,1-3H3/p+1/t19-,20+,23+,24+,25-/m0/s1. The van der Waals surface area contributed by atoms with Crippen LogP contribution >= 0.6 is 0 Å². The second-order valence-electron chi connectivity index (χ2n) is 9.54. The number of carbonyl (C=O) groups excluding carboxylic acids is 1. The summed E-state index contributed by atoms with van der Waals surface area (Å²) < 4.78 is 12.4. The maximum absolute atomic E-state index is 12.6. The largest absolute Gasteiger partial charge is 0.461 e. The van der Waals surface area contributed by atoms with Crippen LogP contribution in [0.25, 0.3) is 0 Å². The number of ether oxygens (including phenoxy) is 2. The molecule has 0 saturated carbocycles. The summed E-state index contributed by atoms with van der Waals surface area (Å²) in [7, 11) is 0. The van der Waals surface area contributed by atoms with Gasteiger partial charge in [0, 0.05) is 11.3 Å². The van der Waals surface area contributed by atoms with Crippen molar-refractivity contribution in [2.45, 2.75) is 46.1 Å². The van der Waals surface area contributed by atoms with Crippen LogP contribution in [0, 0.1) is 23.2 Å². The molecule has 0 aromatic heterocycles. The predicted molar refractivity (Wildman–Crippen MR) is 114 cm³/mol. The Kier molecular flexibility index (Phi) is 6.12. The third-order valence-electron chi connectivity index (χ3n) is 7.83. The van der Waals surface area contributed by atoms with Gasteiger partial charge in [-0.05, 0) is 43.6 Å². The number of carbonyl (C=O) groups is 1. The molecule has 0 radical (unpaired) electrons. The first kappa shape index (κ1) is 20.6. The monoisotopic (exact) mass is 398 g/mol. The SMILES string of the molecule is CC1=C[C@H](C)[C@]2(COC(=O)C[NH+]3CCCCC3)CO[C@H](c3ccccc3)[C@H]1[C@H]2C. The van der Waals surface area contributed by atoms with Crippen molar-refractivity contribution >= 4 is 5.97 Å². The van der Waals surface area contributed by atoms with Crippen LogP contribution in [0.15, 0.2) is 42.0 Å². The Labute approximate surface area is 175 Å². The number of rotatable bonds is 5. The zero-order valence-corrected chi connectivity index (χ0v) is 18.2. The highest BCUT2D eigenvalue weighted by atomic mass is 16.5. The highest BCUT2D eigenvalue weighted by molar-refractivity contribution is 5.70. The predicted octanol–water partition coefficient (Wildman–Crippen LogP) is 3.20. The molecule has 2 bridgehead atoms. The smallest absolute Gasteiger partial charge is 0.361 e.